The van der Waals surface area contributed by atoms with Crippen LogP contribution < -0.4 is 5.73 Å². The summed E-state index contributed by atoms with van der Waals surface area (Å²) in [7, 11) is 0. The average Bonchev–Trinajstić information content (AvgIpc) is 3.31. The number of carbonyl (C=O) groups is 1. The quantitative estimate of drug-likeness (QED) is 0.866. The summed E-state index contributed by atoms with van der Waals surface area (Å²) in [4.78, 5) is 14.9. The van der Waals surface area contributed by atoms with Gasteiger partial charge in [0.05, 0.1) is 0 Å². The zero-order valence-corrected chi connectivity index (χ0v) is 12.8. The molecule has 1 aliphatic carbocycles. The van der Waals surface area contributed by atoms with E-state index < -0.39 is 0 Å². The molecule has 0 aromatic heterocycles. The van der Waals surface area contributed by atoms with E-state index in [4.69, 9.17) is 5.73 Å². The van der Waals surface area contributed by atoms with Crippen LogP contribution in [0.1, 0.15) is 56.0 Å². The normalized spacial score (nSPS) is 17.6. The van der Waals surface area contributed by atoms with Crippen LogP contribution in [-0.4, -0.2) is 22.9 Å². The lowest BCUT2D eigenvalue weighted by Gasteiger charge is -2.33. The van der Waals surface area contributed by atoms with Crippen molar-refractivity contribution in [1.82, 2.24) is 4.90 Å². The maximum atomic E-state index is 12.8. The van der Waals surface area contributed by atoms with Crippen molar-refractivity contribution in [2.24, 2.45) is 11.7 Å². The predicted molar refractivity (Wildman–Crippen MR) is 82.4 cm³/mol. The minimum atomic E-state index is 0.170. The van der Waals surface area contributed by atoms with Gasteiger partial charge in [-0.2, -0.15) is 0 Å². The molecule has 1 aliphatic rings. The van der Waals surface area contributed by atoms with Crippen molar-refractivity contribution in [2.75, 3.05) is 0 Å². The van der Waals surface area contributed by atoms with E-state index >= 15 is 0 Å². The summed E-state index contributed by atoms with van der Waals surface area (Å²) in [6, 6.07) is 8.46. The van der Waals surface area contributed by atoms with Gasteiger partial charge in [-0.3, -0.25) is 4.79 Å². The van der Waals surface area contributed by atoms with Gasteiger partial charge in [-0.15, -0.1) is 0 Å². The lowest BCUT2D eigenvalue weighted by Crippen LogP contribution is -2.43. The molecular weight excluding hydrogens is 248 g/mol. The molecule has 1 aromatic rings. The number of amides is 1. The molecule has 2 N–H and O–H groups in total. The third-order valence-electron chi connectivity index (χ3n) is 4.52. The van der Waals surface area contributed by atoms with Crippen LogP contribution in [0, 0.1) is 5.92 Å². The molecule has 110 valence electrons. The minimum absolute atomic E-state index is 0.170. The van der Waals surface area contributed by atoms with Crippen LogP contribution in [0.5, 0.6) is 0 Å². The molecule has 0 bridgehead atoms. The molecule has 2 rings (SSSR count). The van der Waals surface area contributed by atoms with Gasteiger partial charge in [-0.05, 0) is 43.4 Å². The smallest absolute Gasteiger partial charge is 0.254 e. The molecule has 1 fully saturated rings. The lowest BCUT2D eigenvalue weighted by atomic mass is 9.98. The fourth-order valence-electron chi connectivity index (χ4n) is 2.58. The number of hydrogen-bond donors (Lipinski definition) is 1. The van der Waals surface area contributed by atoms with Gasteiger partial charge in [0.15, 0.2) is 0 Å². The number of nitrogens with zero attached hydrogens (tertiary/aromatic N) is 1. The van der Waals surface area contributed by atoms with Crippen LogP contribution in [0.25, 0.3) is 0 Å². The van der Waals surface area contributed by atoms with Crippen LogP contribution in [-0.2, 0) is 6.54 Å². The summed E-state index contributed by atoms with van der Waals surface area (Å²) in [6.07, 6.45) is 3.39. The van der Waals surface area contributed by atoms with E-state index in [-0.39, 0.29) is 5.91 Å². The van der Waals surface area contributed by atoms with E-state index in [1.807, 2.05) is 24.3 Å². The van der Waals surface area contributed by atoms with Crippen molar-refractivity contribution in [2.45, 2.75) is 58.7 Å². The van der Waals surface area contributed by atoms with Gasteiger partial charge in [-0.25, -0.2) is 0 Å². The Hall–Kier alpha value is -1.35. The molecule has 0 heterocycles. The van der Waals surface area contributed by atoms with Crippen molar-refractivity contribution in [3.8, 4) is 0 Å². The highest BCUT2D eigenvalue weighted by atomic mass is 16.2. The van der Waals surface area contributed by atoms with E-state index in [0.29, 0.717) is 24.5 Å². The second-order valence-corrected chi connectivity index (χ2v) is 5.97. The monoisotopic (exact) mass is 274 g/mol. The van der Waals surface area contributed by atoms with Crippen molar-refractivity contribution in [3.05, 3.63) is 35.4 Å². The maximum absolute atomic E-state index is 12.8. The highest BCUT2D eigenvalue weighted by Gasteiger charge is 2.37. The second kappa shape index (κ2) is 6.40. The van der Waals surface area contributed by atoms with Crippen molar-refractivity contribution < 1.29 is 4.79 Å². The van der Waals surface area contributed by atoms with Crippen molar-refractivity contribution in [3.63, 3.8) is 0 Å². The first kappa shape index (κ1) is 15.0. The minimum Gasteiger partial charge on any atom is -0.333 e. The molecule has 2 atom stereocenters. The van der Waals surface area contributed by atoms with Gasteiger partial charge >= 0.3 is 0 Å². The Bertz CT molecular complexity index is 451. The Kier molecular flexibility index (Phi) is 4.81. The molecule has 0 spiro atoms. The second-order valence-electron chi connectivity index (χ2n) is 5.97. The van der Waals surface area contributed by atoms with Crippen molar-refractivity contribution >= 4 is 5.91 Å². The molecule has 1 aromatic carbocycles. The van der Waals surface area contributed by atoms with Gasteiger partial charge in [0, 0.05) is 24.2 Å². The largest absolute Gasteiger partial charge is 0.333 e. The maximum Gasteiger partial charge on any atom is 0.254 e. The first-order valence-electron chi connectivity index (χ1n) is 7.70. The molecule has 20 heavy (non-hydrogen) atoms. The summed E-state index contributed by atoms with van der Waals surface area (Å²) in [6.45, 7) is 7.11. The molecule has 0 radical (unpaired) electrons. The summed E-state index contributed by atoms with van der Waals surface area (Å²) in [5, 5.41) is 0. The fourth-order valence-corrected chi connectivity index (χ4v) is 2.58. The Balaban J connectivity index is 2.17. The Morgan fingerprint density at radius 1 is 1.30 bits per heavy atom. The highest BCUT2D eigenvalue weighted by molar-refractivity contribution is 5.94. The van der Waals surface area contributed by atoms with Gasteiger partial charge in [-0.1, -0.05) is 32.4 Å². The summed E-state index contributed by atoms with van der Waals surface area (Å²) in [5.41, 5.74) is 7.45. The molecule has 2 unspecified atom stereocenters. The molecular formula is C17H26N2O. The molecule has 3 nitrogen and oxygen atoms in total. The SMILES string of the molecule is CCC(C)C(C)N(C(=O)c1ccc(CN)cc1)C1CC1. The molecule has 1 saturated carbocycles. The molecule has 0 aliphatic heterocycles. The van der Waals surface area contributed by atoms with E-state index in [0.717, 1.165) is 30.4 Å². The summed E-state index contributed by atoms with van der Waals surface area (Å²) in [5.74, 6) is 0.701. The molecule has 0 saturated heterocycles. The Labute approximate surface area is 122 Å². The van der Waals surface area contributed by atoms with Crippen LogP contribution in [0.2, 0.25) is 0 Å². The number of carbonyl (C=O) groups excluding carboxylic acids is 1. The van der Waals surface area contributed by atoms with E-state index in [2.05, 4.69) is 25.7 Å². The van der Waals surface area contributed by atoms with Gasteiger partial charge in [0.2, 0.25) is 0 Å². The molecule has 3 heteroatoms. The van der Waals surface area contributed by atoms with Crippen LogP contribution in [0.3, 0.4) is 0 Å². The van der Waals surface area contributed by atoms with Crippen LogP contribution >= 0.6 is 0 Å². The third kappa shape index (κ3) is 3.21. The van der Waals surface area contributed by atoms with Gasteiger partial charge in [0.25, 0.3) is 5.91 Å². The zero-order chi connectivity index (χ0) is 14.7. The third-order valence-corrected chi connectivity index (χ3v) is 4.52. The van der Waals surface area contributed by atoms with E-state index in [9.17, 15) is 4.79 Å². The standard InChI is InChI=1S/C17H26N2O/c1-4-12(2)13(3)19(16-9-10-16)17(20)15-7-5-14(11-18)6-8-15/h5-8,12-13,16H,4,9-11,18H2,1-3H3. The average molecular weight is 274 g/mol. The number of hydrogen-bond acceptors (Lipinski definition) is 2. The summed E-state index contributed by atoms with van der Waals surface area (Å²) < 4.78 is 0. The Morgan fingerprint density at radius 3 is 2.35 bits per heavy atom. The van der Waals surface area contributed by atoms with Gasteiger partial charge in [0.1, 0.15) is 0 Å². The molecule has 1 amide bonds. The highest BCUT2D eigenvalue weighted by Crippen LogP contribution is 2.32. The fraction of sp³-hybridized carbons (Fsp3) is 0.588. The van der Waals surface area contributed by atoms with Gasteiger partial charge < -0.3 is 10.6 Å². The predicted octanol–water partition coefficient (Wildman–Crippen LogP) is 3.18. The number of rotatable bonds is 6. The van der Waals surface area contributed by atoms with E-state index in [1.54, 1.807) is 0 Å². The van der Waals surface area contributed by atoms with Crippen LogP contribution in [0.15, 0.2) is 24.3 Å². The lowest BCUT2D eigenvalue weighted by molar-refractivity contribution is 0.0616. The summed E-state index contributed by atoms with van der Waals surface area (Å²) >= 11 is 0. The first-order chi connectivity index (χ1) is 9.58. The van der Waals surface area contributed by atoms with E-state index in [1.165, 1.54) is 0 Å². The first-order valence-corrected chi connectivity index (χ1v) is 7.70. The number of benzene rings is 1. The zero-order valence-electron chi connectivity index (χ0n) is 12.8. The number of nitrogens with two attached hydrogens (primary N) is 1. The Morgan fingerprint density at radius 2 is 1.90 bits per heavy atom. The topological polar surface area (TPSA) is 46.3 Å². The van der Waals surface area contributed by atoms with Crippen molar-refractivity contribution in [1.29, 1.82) is 0 Å². The van der Waals surface area contributed by atoms with Crippen LogP contribution in [0.4, 0.5) is 0 Å².